The van der Waals surface area contributed by atoms with Gasteiger partial charge in [0.1, 0.15) is 0 Å². The maximum atomic E-state index is 3.62. The van der Waals surface area contributed by atoms with Gasteiger partial charge in [-0.2, -0.15) is 0 Å². The van der Waals surface area contributed by atoms with Gasteiger partial charge in [0.25, 0.3) is 0 Å². The van der Waals surface area contributed by atoms with Crippen LogP contribution in [-0.2, 0) is 0 Å². The Morgan fingerprint density at radius 3 is 2.04 bits per heavy atom. The van der Waals surface area contributed by atoms with E-state index in [4.69, 9.17) is 0 Å². The van der Waals surface area contributed by atoms with E-state index < -0.39 is 0 Å². The molecular formula is C20H23Br2NS. The van der Waals surface area contributed by atoms with Gasteiger partial charge in [0.05, 0.1) is 11.4 Å². The predicted molar refractivity (Wildman–Crippen MR) is 113 cm³/mol. The van der Waals surface area contributed by atoms with Crippen molar-refractivity contribution in [2.75, 3.05) is 11.4 Å². The van der Waals surface area contributed by atoms with E-state index in [9.17, 15) is 0 Å². The Bertz CT molecular complexity index is 665. The van der Waals surface area contributed by atoms with Crippen LogP contribution in [0.3, 0.4) is 0 Å². The van der Waals surface area contributed by atoms with Gasteiger partial charge >= 0.3 is 0 Å². The molecule has 0 aromatic heterocycles. The van der Waals surface area contributed by atoms with Crippen LogP contribution in [0, 0.1) is 5.92 Å². The van der Waals surface area contributed by atoms with Gasteiger partial charge in [-0.3, -0.25) is 0 Å². The number of hydrogen-bond donors (Lipinski definition) is 0. The van der Waals surface area contributed by atoms with Crippen LogP contribution < -0.4 is 4.90 Å². The first kappa shape index (κ1) is 18.3. The fourth-order valence-corrected chi connectivity index (χ4v) is 5.41. The zero-order valence-corrected chi connectivity index (χ0v) is 18.2. The van der Waals surface area contributed by atoms with E-state index in [1.807, 2.05) is 11.8 Å². The van der Waals surface area contributed by atoms with Gasteiger partial charge in [0, 0.05) is 25.3 Å². The van der Waals surface area contributed by atoms with Crippen molar-refractivity contribution in [1.29, 1.82) is 0 Å². The minimum absolute atomic E-state index is 0.737. The molecule has 0 aliphatic carbocycles. The normalized spacial score (nSPS) is 14.2. The number of rotatable bonds is 6. The molecule has 24 heavy (non-hydrogen) atoms. The average Bonchev–Trinajstić information content (AvgIpc) is 2.57. The Hall–Kier alpha value is -0.450. The fourth-order valence-electron chi connectivity index (χ4n) is 3.21. The lowest BCUT2D eigenvalue weighted by Crippen LogP contribution is -2.27. The lowest BCUT2D eigenvalue weighted by atomic mass is 9.98. The zero-order chi connectivity index (χ0) is 17.1. The number of benzene rings is 2. The van der Waals surface area contributed by atoms with Gasteiger partial charge in [-0.15, -0.1) is 0 Å². The molecule has 2 aromatic rings. The second-order valence-corrected chi connectivity index (χ2v) is 9.27. The first-order valence-electron chi connectivity index (χ1n) is 8.66. The van der Waals surface area contributed by atoms with Crippen molar-refractivity contribution in [2.24, 2.45) is 5.92 Å². The van der Waals surface area contributed by atoms with Crippen LogP contribution in [0.15, 0.2) is 55.1 Å². The van der Waals surface area contributed by atoms with Crippen LogP contribution in [0.25, 0.3) is 0 Å². The third-order valence-electron chi connectivity index (χ3n) is 4.63. The van der Waals surface area contributed by atoms with E-state index >= 15 is 0 Å². The Kier molecular flexibility index (Phi) is 6.33. The van der Waals surface area contributed by atoms with E-state index in [0.29, 0.717) is 0 Å². The minimum Gasteiger partial charge on any atom is -0.339 e. The van der Waals surface area contributed by atoms with E-state index in [2.05, 4.69) is 87.0 Å². The minimum atomic E-state index is 0.737. The number of nitrogens with zero attached hydrogens (tertiary/aromatic N) is 1. The standard InChI is InChI=1S/C20H23Br2NS/c1-3-5-6-14(4-2)13-23-17-9-7-15(21)11-19(17)24-20-12-16(22)8-10-18(20)23/h7-12,14H,3-6,13H2,1-2H3. The highest BCUT2D eigenvalue weighted by Gasteiger charge is 2.25. The van der Waals surface area contributed by atoms with Gasteiger partial charge in [-0.25, -0.2) is 0 Å². The topological polar surface area (TPSA) is 3.24 Å². The van der Waals surface area contributed by atoms with Crippen molar-refractivity contribution >= 4 is 55.0 Å². The van der Waals surface area contributed by atoms with Crippen LogP contribution in [-0.4, -0.2) is 6.54 Å². The molecule has 3 rings (SSSR count). The third-order valence-corrected chi connectivity index (χ3v) is 6.71. The van der Waals surface area contributed by atoms with Crippen LogP contribution in [0.1, 0.15) is 39.5 Å². The van der Waals surface area contributed by atoms with Crippen molar-refractivity contribution in [2.45, 2.75) is 49.3 Å². The van der Waals surface area contributed by atoms with Crippen LogP contribution in [0.5, 0.6) is 0 Å². The quantitative estimate of drug-likeness (QED) is 0.422. The summed E-state index contributed by atoms with van der Waals surface area (Å²) < 4.78 is 2.29. The second kappa shape index (κ2) is 8.29. The van der Waals surface area contributed by atoms with Gasteiger partial charge in [0.2, 0.25) is 0 Å². The molecule has 1 aliphatic heterocycles. The molecule has 2 aromatic carbocycles. The van der Waals surface area contributed by atoms with Crippen molar-refractivity contribution in [3.8, 4) is 0 Å². The molecule has 4 heteroatoms. The van der Waals surface area contributed by atoms with E-state index in [1.54, 1.807) is 0 Å². The SMILES string of the molecule is CCCCC(CC)CN1c2ccc(Br)cc2Sc2cc(Br)ccc21. The number of anilines is 2. The van der Waals surface area contributed by atoms with Crippen LogP contribution >= 0.6 is 43.6 Å². The molecule has 0 fully saturated rings. The summed E-state index contributed by atoms with van der Waals surface area (Å²) in [6, 6.07) is 13.3. The maximum Gasteiger partial charge on any atom is 0.0553 e. The molecule has 0 saturated heterocycles. The number of hydrogen-bond acceptors (Lipinski definition) is 2. The lowest BCUT2D eigenvalue weighted by Gasteiger charge is -2.35. The van der Waals surface area contributed by atoms with Crippen LogP contribution in [0.4, 0.5) is 11.4 Å². The summed E-state index contributed by atoms with van der Waals surface area (Å²) in [5.74, 6) is 0.737. The second-order valence-electron chi connectivity index (χ2n) is 6.35. The average molecular weight is 469 g/mol. The molecule has 1 atom stereocenters. The van der Waals surface area contributed by atoms with Crippen LogP contribution in [0.2, 0.25) is 0 Å². The van der Waals surface area contributed by atoms with Crippen molar-refractivity contribution in [1.82, 2.24) is 0 Å². The van der Waals surface area contributed by atoms with E-state index in [-0.39, 0.29) is 0 Å². The molecular weight excluding hydrogens is 446 g/mol. The Labute approximate surface area is 166 Å². The fraction of sp³-hybridized carbons (Fsp3) is 0.400. The first-order valence-corrected chi connectivity index (χ1v) is 11.1. The summed E-state index contributed by atoms with van der Waals surface area (Å²) in [4.78, 5) is 5.20. The molecule has 1 aliphatic rings. The monoisotopic (exact) mass is 467 g/mol. The summed E-state index contributed by atoms with van der Waals surface area (Å²) in [7, 11) is 0. The highest BCUT2D eigenvalue weighted by molar-refractivity contribution is 9.10. The molecule has 1 heterocycles. The lowest BCUT2D eigenvalue weighted by molar-refractivity contribution is 0.457. The summed E-state index contributed by atoms with van der Waals surface area (Å²) in [6.45, 7) is 5.70. The summed E-state index contributed by atoms with van der Waals surface area (Å²) in [5, 5.41) is 0. The van der Waals surface area contributed by atoms with Crippen molar-refractivity contribution in [3.05, 3.63) is 45.3 Å². The zero-order valence-electron chi connectivity index (χ0n) is 14.2. The molecule has 1 unspecified atom stereocenters. The Morgan fingerprint density at radius 2 is 1.54 bits per heavy atom. The first-order chi connectivity index (χ1) is 11.6. The summed E-state index contributed by atoms with van der Waals surface area (Å²) in [5.41, 5.74) is 2.68. The number of unbranched alkanes of at least 4 members (excludes halogenated alkanes) is 1. The largest absolute Gasteiger partial charge is 0.339 e. The number of fused-ring (bicyclic) bond motifs is 2. The van der Waals surface area contributed by atoms with E-state index in [0.717, 1.165) is 21.4 Å². The highest BCUT2D eigenvalue weighted by atomic mass is 79.9. The highest BCUT2D eigenvalue weighted by Crippen LogP contribution is 2.50. The molecule has 1 nitrogen and oxygen atoms in total. The molecule has 0 spiro atoms. The molecule has 0 radical (unpaired) electrons. The van der Waals surface area contributed by atoms with Gasteiger partial charge in [-0.05, 0) is 48.7 Å². The summed E-state index contributed by atoms with van der Waals surface area (Å²) >= 11 is 9.11. The van der Waals surface area contributed by atoms with Crippen molar-refractivity contribution < 1.29 is 0 Å². The van der Waals surface area contributed by atoms with E-state index in [1.165, 1.54) is 46.8 Å². The molecule has 128 valence electrons. The molecule has 0 saturated carbocycles. The molecule has 0 bridgehead atoms. The Morgan fingerprint density at radius 1 is 0.958 bits per heavy atom. The van der Waals surface area contributed by atoms with Gasteiger partial charge < -0.3 is 4.90 Å². The molecule has 0 N–H and O–H groups in total. The van der Waals surface area contributed by atoms with Gasteiger partial charge in [0.15, 0.2) is 0 Å². The third kappa shape index (κ3) is 4.03. The smallest absolute Gasteiger partial charge is 0.0553 e. The van der Waals surface area contributed by atoms with Gasteiger partial charge in [-0.1, -0.05) is 76.7 Å². The molecule has 0 amide bonds. The predicted octanol–water partition coefficient (Wildman–Crippen LogP) is 8.03. The Balaban J connectivity index is 1.98. The maximum absolute atomic E-state index is 3.62. The number of halogens is 2. The van der Waals surface area contributed by atoms with Crippen molar-refractivity contribution in [3.63, 3.8) is 0 Å². The summed E-state index contributed by atoms with van der Waals surface area (Å²) in [6.07, 6.45) is 5.15.